The molecule has 0 bridgehead atoms. The number of carbonyl (C=O) groups excluding carboxylic acids is 1. The van der Waals surface area contributed by atoms with Gasteiger partial charge in [0.2, 0.25) is 5.91 Å². The molecule has 3 aromatic rings. The van der Waals surface area contributed by atoms with Gasteiger partial charge in [-0.05, 0) is 50.6 Å². The van der Waals surface area contributed by atoms with Gasteiger partial charge in [0.1, 0.15) is 11.5 Å². The first-order chi connectivity index (χ1) is 12.4. The van der Waals surface area contributed by atoms with Crippen LogP contribution >= 0.6 is 0 Å². The van der Waals surface area contributed by atoms with Crippen molar-refractivity contribution in [2.24, 2.45) is 0 Å². The lowest BCUT2D eigenvalue weighted by Crippen LogP contribution is -2.34. The van der Waals surface area contributed by atoms with Crippen molar-refractivity contribution in [1.82, 2.24) is 4.98 Å². The number of anilines is 1. The molecular weight excluding hydrogens is 324 g/mol. The summed E-state index contributed by atoms with van der Waals surface area (Å²) in [5.41, 5.74) is 2.20. The Bertz CT molecular complexity index is 888. The van der Waals surface area contributed by atoms with Gasteiger partial charge in [0.05, 0.1) is 5.41 Å². The Kier molecular flexibility index (Phi) is 5.03. The second-order valence-electron chi connectivity index (χ2n) is 6.76. The summed E-state index contributed by atoms with van der Waals surface area (Å²) >= 11 is 0. The maximum atomic E-state index is 12.8. The van der Waals surface area contributed by atoms with Crippen LogP contribution in [0.2, 0.25) is 0 Å². The van der Waals surface area contributed by atoms with Crippen molar-refractivity contribution in [3.8, 4) is 11.5 Å². The molecule has 0 unspecified atom stereocenters. The van der Waals surface area contributed by atoms with Crippen molar-refractivity contribution < 1.29 is 9.53 Å². The number of carbonyl (C=O) groups is 1. The van der Waals surface area contributed by atoms with E-state index < -0.39 is 5.41 Å². The molecule has 132 valence electrons. The monoisotopic (exact) mass is 346 g/mol. The van der Waals surface area contributed by atoms with E-state index in [2.05, 4.69) is 10.3 Å². The van der Waals surface area contributed by atoms with E-state index in [4.69, 9.17) is 4.74 Å². The lowest BCUT2D eigenvalue weighted by molar-refractivity contribution is -0.120. The minimum atomic E-state index is -0.643. The molecule has 0 saturated heterocycles. The van der Waals surface area contributed by atoms with Gasteiger partial charge in [-0.25, -0.2) is 0 Å². The van der Waals surface area contributed by atoms with Gasteiger partial charge >= 0.3 is 0 Å². The van der Waals surface area contributed by atoms with Crippen LogP contribution in [0.3, 0.4) is 0 Å². The molecule has 0 aliphatic heterocycles. The topological polar surface area (TPSA) is 51.2 Å². The standard InChI is InChI=1S/C22H22N2O2/c1-16-7-9-17(10-8-16)22(2,3)21(25)24-18-5-4-6-20(15-18)26-19-11-13-23-14-12-19/h4-15H,1-3H3,(H,24,25). The first kappa shape index (κ1) is 17.7. The highest BCUT2D eigenvalue weighted by molar-refractivity contribution is 5.98. The Hall–Kier alpha value is -3.14. The molecule has 1 aromatic heterocycles. The third-order valence-electron chi connectivity index (χ3n) is 4.32. The van der Waals surface area contributed by atoms with Crippen molar-refractivity contribution in [1.29, 1.82) is 0 Å². The largest absolute Gasteiger partial charge is 0.457 e. The molecule has 4 heteroatoms. The first-order valence-corrected chi connectivity index (χ1v) is 8.52. The number of amides is 1. The van der Waals surface area contributed by atoms with E-state index >= 15 is 0 Å². The van der Waals surface area contributed by atoms with Gasteiger partial charge in [0, 0.05) is 24.1 Å². The summed E-state index contributed by atoms with van der Waals surface area (Å²) in [4.78, 5) is 16.8. The molecule has 0 fully saturated rings. The number of ether oxygens (including phenoxy) is 1. The van der Waals surface area contributed by atoms with E-state index in [0.29, 0.717) is 17.2 Å². The molecular formula is C22H22N2O2. The number of aromatic nitrogens is 1. The molecule has 26 heavy (non-hydrogen) atoms. The van der Waals surface area contributed by atoms with Crippen LogP contribution in [0.25, 0.3) is 0 Å². The zero-order chi connectivity index (χ0) is 18.6. The molecule has 2 aromatic carbocycles. The smallest absolute Gasteiger partial charge is 0.234 e. The van der Waals surface area contributed by atoms with E-state index in [0.717, 1.165) is 5.56 Å². The summed E-state index contributed by atoms with van der Waals surface area (Å²) in [6.45, 7) is 5.87. The van der Waals surface area contributed by atoms with Gasteiger partial charge in [-0.15, -0.1) is 0 Å². The SMILES string of the molecule is Cc1ccc(C(C)(C)C(=O)Nc2cccc(Oc3ccncc3)c2)cc1. The van der Waals surface area contributed by atoms with Crippen LogP contribution in [-0.2, 0) is 10.2 Å². The normalized spacial score (nSPS) is 11.0. The first-order valence-electron chi connectivity index (χ1n) is 8.52. The average molecular weight is 346 g/mol. The number of aryl methyl sites for hydroxylation is 1. The quantitative estimate of drug-likeness (QED) is 0.699. The van der Waals surface area contributed by atoms with Crippen molar-refractivity contribution in [3.05, 3.63) is 84.2 Å². The maximum Gasteiger partial charge on any atom is 0.234 e. The molecule has 0 spiro atoms. The Morgan fingerprint density at radius 1 is 0.962 bits per heavy atom. The number of pyridine rings is 1. The molecule has 0 aliphatic rings. The highest BCUT2D eigenvalue weighted by Gasteiger charge is 2.29. The fourth-order valence-corrected chi connectivity index (χ4v) is 2.57. The van der Waals surface area contributed by atoms with E-state index in [-0.39, 0.29) is 5.91 Å². The summed E-state index contributed by atoms with van der Waals surface area (Å²) in [6, 6.07) is 19.0. The van der Waals surface area contributed by atoms with E-state index in [9.17, 15) is 4.79 Å². The third kappa shape index (κ3) is 4.09. The van der Waals surface area contributed by atoms with Crippen molar-refractivity contribution in [2.45, 2.75) is 26.2 Å². The maximum absolute atomic E-state index is 12.8. The third-order valence-corrected chi connectivity index (χ3v) is 4.32. The van der Waals surface area contributed by atoms with E-state index in [1.54, 1.807) is 24.5 Å². The Morgan fingerprint density at radius 3 is 2.35 bits per heavy atom. The van der Waals surface area contributed by atoms with Gasteiger partial charge in [-0.2, -0.15) is 0 Å². The number of nitrogens with one attached hydrogen (secondary N) is 1. The van der Waals surface area contributed by atoms with Gasteiger partial charge in [0.25, 0.3) is 0 Å². The number of hydrogen-bond acceptors (Lipinski definition) is 3. The van der Waals surface area contributed by atoms with Crippen LogP contribution in [0.4, 0.5) is 5.69 Å². The zero-order valence-electron chi connectivity index (χ0n) is 15.2. The molecule has 4 nitrogen and oxygen atoms in total. The summed E-state index contributed by atoms with van der Waals surface area (Å²) in [6.07, 6.45) is 3.34. The molecule has 0 radical (unpaired) electrons. The van der Waals surface area contributed by atoms with Crippen LogP contribution < -0.4 is 10.1 Å². The lowest BCUT2D eigenvalue weighted by atomic mass is 9.83. The molecule has 0 aliphatic carbocycles. The van der Waals surface area contributed by atoms with Crippen molar-refractivity contribution >= 4 is 11.6 Å². The Morgan fingerprint density at radius 2 is 1.65 bits per heavy atom. The van der Waals surface area contributed by atoms with E-state index in [1.165, 1.54) is 5.56 Å². The summed E-state index contributed by atoms with van der Waals surface area (Å²) in [5.74, 6) is 1.29. The van der Waals surface area contributed by atoms with Crippen LogP contribution in [-0.4, -0.2) is 10.9 Å². The fraction of sp³-hybridized carbons (Fsp3) is 0.182. The molecule has 3 rings (SSSR count). The molecule has 0 saturated carbocycles. The fourth-order valence-electron chi connectivity index (χ4n) is 2.57. The molecule has 1 amide bonds. The highest BCUT2D eigenvalue weighted by Crippen LogP contribution is 2.27. The van der Waals surface area contributed by atoms with E-state index in [1.807, 2.05) is 69.3 Å². The second-order valence-corrected chi connectivity index (χ2v) is 6.76. The average Bonchev–Trinajstić information content (AvgIpc) is 2.63. The van der Waals surface area contributed by atoms with Crippen molar-refractivity contribution in [2.75, 3.05) is 5.32 Å². The highest BCUT2D eigenvalue weighted by atomic mass is 16.5. The number of hydrogen-bond donors (Lipinski definition) is 1. The van der Waals surface area contributed by atoms with Crippen molar-refractivity contribution in [3.63, 3.8) is 0 Å². The number of benzene rings is 2. The van der Waals surface area contributed by atoms with Gasteiger partial charge in [-0.3, -0.25) is 9.78 Å². The van der Waals surface area contributed by atoms with Gasteiger partial charge < -0.3 is 10.1 Å². The minimum Gasteiger partial charge on any atom is -0.457 e. The predicted molar refractivity (Wildman–Crippen MR) is 104 cm³/mol. The lowest BCUT2D eigenvalue weighted by Gasteiger charge is -2.24. The van der Waals surface area contributed by atoms with Crippen LogP contribution in [0.15, 0.2) is 73.1 Å². The Labute approximate surface area is 153 Å². The Balaban J connectivity index is 1.74. The summed E-state index contributed by atoms with van der Waals surface area (Å²) in [7, 11) is 0. The second kappa shape index (κ2) is 7.40. The molecule has 1 heterocycles. The summed E-state index contributed by atoms with van der Waals surface area (Å²) < 4.78 is 5.79. The molecule has 0 atom stereocenters. The summed E-state index contributed by atoms with van der Waals surface area (Å²) in [5, 5.41) is 2.99. The van der Waals surface area contributed by atoms with Crippen LogP contribution in [0.1, 0.15) is 25.0 Å². The van der Waals surface area contributed by atoms with Crippen LogP contribution in [0, 0.1) is 6.92 Å². The van der Waals surface area contributed by atoms with Gasteiger partial charge in [-0.1, -0.05) is 35.9 Å². The minimum absolute atomic E-state index is 0.0672. The number of rotatable bonds is 5. The van der Waals surface area contributed by atoms with Crippen LogP contribution in [0.5, 0.6) is 11.5 Å². The number of nitrogens with zero attached hydrogens (tertiary/aromatic N) is 1. The van der Waals surface area contributed by atoms with Gasteiger partial charge in [0.15, 0.2) is 0 Å². The zero-order valence-corrected chi connectivity index (χ0v) is 15.2. The molecule has 1 N–H and O–H groups in total. The predicted octanol–water partition coefficient (Wildman–Crippen LogP) is 5.10.